The highest BCUT2D eigenvalue weighted by Crippen LogP contribution is 2.46. The number of aliphatic hydroxyl groups is 1. The third-order valence-corrected chi connectivity index (χ3v) is 6.11. The van der Waals surface area contributed by atoms with E-state index in [1.807, 2.05) is 16.8 Å². The molecule has 1 aliphatic heterocycles. The van der Waals surface area contributed by atoms with Crippen LogP contribution in [0.25, 0.3) is 0 Å². The van der Waals surface area contributed by atoms with Gasteiger partial charge in [-0.3, -0.25) is 0 Å². The number of benzene rings is 1. The summed E-state index contributed by atoms with van der Waals surface area (Å²) in [6.07, 6.45) is 6.44. The quantitative estimate of drug-likeness (QED) is 0.845. The van der Waals surface area contributed by atoms with E-state index in [1.54, 1.807) is 7.11 Å². The molecule has 1 aliphatic carbocycles. The summed E-state index contributed by atoms with van der Waals surface area (Å²) in [6.45, 7) is 2.11. The van der Waals surface area contributed by atoms with Crippen LogP contribution in [-0.2, 0) is 16.7 Å². The molecule has 0 bridgehead atoms. The van der Waals surface area contributed by atoms with Crippen molar-refractivity contribution in [2.24, 2.45) is 0 Å². The first-order valence-corrected chi connectivity index (χ1v) is 10.1. The van der Waals surface area contributed by atoms with Crippen molar-refractivity contribution in [3.8, 4) is 5.75 Å². The summed E-state index contributed by atoms with van der Waals surface area (Å²) in [5, 5.41) is 14.4. The molecule has 0 unspecified atom stereocenters. The highest BCUT2D eigenvalue weighted by atomic mass is 16.5. The Kier molecular flexibility index (Phi) is 5.45. The lowest BCUT2D eigenvalue weighted by atomic mass is 9.78. The molecule has 2 fully saturated rings. The predicted molar refractivity (Wildman–Crippen MR) is 102 cm³/mol. The van der Waals surface area contributed by atoms with E-state index in [0.717, 1.165) is 56.3 Å². The van der Waals surface area contributed by atoms with Gasteiger partial charge in [0, 0.05) is 19.1 Å². The topological polar surface area (TPSA) is 69.4 Å². The van der Waals surface area contributed by atoms with Gasteiger partial charge in [0.1, 0.15) is 11.6 Å². The van der Waals surface area contributed by atoms with E-state index >= 15 is 0 Å². The van der Waals surface area contributed by atoms with Gasteiger partial charge >= 0.3 is 0 Å². The Bertz CT molecular complexity index is 745. The second-order valence-corrected chi connectivity index (χ2v) is 7.64. The van der Waals surface area contributed by atoms with E-state index in [0.29, 0.717) is 12.5 Å². The molecule has 0 amide bonds. The van der Waals surface area contributed by atoms with Crippen LogP contribution in [0.1, 0.15) is 61.7 Å². The minimum atomic E-state index is -0.127. The van der Waals surface area contributed by atoms with Crippen molar-refractivity contribution in [2.45, 2.75) is 56.4 Å². The normalized spacial score (nSPS) is 20.1. The van der Waals surface area contributed by atoms with Crippen LogP contribution in [-0.4, -0.2) is 46.8 Å². The Morgan fingerprint density at radius 1 is 1.19 bits per heavy atom. The Morgan fingerprint density at radius 2 is 1.89 bits per heavy atom. The summed E-state index contributed by atoms with van der Waals surface area (Å²) < 4.78 is 12.8. The first-order valence-electron chi connectivity index (χ1n) is 10.1. The smallest absolute Gasteiger partial charge is 0.154 e. The highest BCUT2D eigenvalue weighted by Gasteiger charge is 2.42. The van der Waals surface area contributed by atoms with Crippen LogP contribution in [0.4, 0.5) is 0 Å². The summed E-state index contributed by atoms with van der Waals surface area (Å²) in [5.74, 6) is 3.15. The molecule has 0 spiro atoms. The number of hydrogen-bond donors (Lipinski definition) is 1. The predicted octanol–water partition coefficient (Wildman–Crippen LogP) is 3.03. The number of aliphatic hydroxyl groups excluding tert-OH is 1. The van der Waals surface area contributed by atoms with Crippen molar-refractivity contribution in [1.82, 2.24) is 14.8 Å². The van der Waals surface area contributed by atoms with Crippen LogP contribution in [0.2, 0.25) is 0 Å². The zero-order valence-electron chi connectivity index (χ0n) is 16.1. The fourth-order valence-corrected chi connectivity index (χ4v) is 4.62. The van der Waals surface area contributed by atoms with Gasteiger partial charge < -0.3 is 14.6 Å². The minimum absolute atomic E-state index is 0.0717. The van der Waals surface area contributed by atoms with Gasteiger partial charge in [-0.1, -0.05) is 25.0 Å². The third kappa shape index (κ3) is 3.48. The lowest BCUT2D eigenvalue weighted by Gasteiger charge is -2.29. The minimum Gasteiger partial charge on any atom is -0.497 e. The second-order valence-electron chi connectivity index (χ2n) is 7.64. The van der Waals surface area contributed by atoms with E-state index in [9.17, 15) is 5.11 Å². The molecule has 1 aromatic heterocycles. The number of hydrogen-bond acceptors (Lipinski definition) is 5. The molecule has 2 heterocycles. The molecule has 1 saturated heterocycles. The summed E-state index contributed by atoms with van der Waals surface area (Å²) in [7, 11) is 1.69. The van der Waals surface area contributed by atoms with Gasteiger partial charge in [-0.15, -0.1) is 0 Å². The Hall–Kier alpha value is -1.92. The molecular weight excluding hydrogens is 342 g/mol. The molecule has 6 nitrogen and oxygen atoms in total. The Labute approximate surface area is 160 Å². The van der Waals surface area contributed by atoms with Crippen molar-refractivity contribution in [2.75, 3.05) is 26.9 Å². The maximum atomic E-state index is 9.60. The summed E-state index contributed by atoms with van der Waals surface area (Å²) in [5.41, 5.74) is 1.14. The van der Waals surface area contributed by atoms with E-state index in [-0.39, 0.29) is 12.0 Å². The Balaban J connectivity index is 1.75. The molecular formula is C21H29N3O3. The van der Waals surface area contributed by atoms with Crippen LogP contribution in [0.15, 0.2) is 24.3 Å². The average Bonchev–Trinajstić information content (AvgIpc) is 3.37. The average molecular weight is 371 g/mol. The van der Waals surface area contributed by atoms with Crippen molar-refractivity contribution in [3.63, 3.8) is 0 Å². The van der Waals surface area contributed by atoms with Gasteiger partial charge in [0.2, 0.25) is 0 Å². The number of ether oxygens (including phenoxy) is 2. The van der Waals surface area contributed by atoms with Crippen molar-refractivity contribution < 1.29 is 14.6 Å². The highest BCUT2D eigenvalue weighted by molar-refractivity contribution is 5.38. The van der Waals surface area contributed by atoms with Crippen LogP contribution in [0, 0.1) is 0 Å². The van der Waals surface area contributed by atoms with Crippen molar-refractivity contribution in [3.05, 3.63) is 41.5 Å². The zero-order valence-corrected chi connectivity index (χ0v) is 16.1. The van der Waals surface area contributed by atoms with E-state index in [1.165, 1.54) is 18.4 Å². The van der Waals surface area contributed by atoms with Crippen LogP contribution < -0.4 is 4.74 Å². The fourth-order valence-electron chi connectivity index (χ4n) is 4.62. The molecule has 146 valence electrons. The first-order chi connectivity index (χ1) is 13.3. The van der Waals surface area contributed by atoms with Crippen LogP contribution in [0.5, 0.6) is 5.75 Å². The molecule has 0 atom stereocenters. The van der Waals surface area contributed by atoms with Crippen molar-refractivity contribution >= 4 is 0 Å². The van der Waals surface area contributed by atoms with Gasteiger partial charge in [0.25, 0.3) is 0 Å². The summed E-state index contributed by atoms with van der Waals surface area (Å²) >= 11 is 0. The van der Waals surface area contributed by atoms with Gasteiger partial charge in [-0.05, 0) is 43.4 Å². The van der Waals surface area contributed by atoms with Crippen LogP contribution >= 0.6 is 0 Å². The fraction of sp³-hybridized carbons (Fsp3) is 0.619. The van der Waals surface area contributed by atoms with Crippen molar-refractivity contribution in [1.29, 1.82) is 0 Å². The van der Waals surface area contributed by atoms with Gasteiger partial charge in [-0.2, -0.15) is 5.10 Å². The standard InChI is InChI=1S/C21H29N3O3/c1-26-18-6-4-17(5-7-18)21(10-2-3-11-21)20-22-19(23-24(20)12-13-25)16-8-14-27-15-9-16/h4-7,16,25H,2-3,8-15H2,1H3. The molecule has 2 aromatic rings. The molecule has 6 heteroatoms. The SMILES string of the molecule is COc1ccc(C2(c3nc(C4CCOCC4)nn3CCO)CCCC2)cc1. The molecule has 4 rings (SSSR count). The zero-order chi connectivity index (χ0) is 18.7. The Morgan fingerprint density at radius 3 is 2.52 bits per heavy atom. The molecule has 2 aliphatic rings. The monoisotopic (exact) mass is 371 g/mol. The summed E-state index contributed by atoms with van der Waals surface area (Å²) in [4.78, 5) is 5.08. The van der Waals surface area contributed by atoms with E-state index < -0.39 is 0 Å². The lowest BCUT2D eigenvalue weighted by Crippen LogP contribution is -2.29. The lowest BCUT2D eigenvalue weighted by molar-refractivity contribution is 0.0835. The third-order valence-electron chi connectivity index (χ3n) is 6.11. The van der Waals surface area contributed by atoms with E-state index in [2.05, 4.69) is 12.1 Å². The molecule has 0 radical (unpaired) electrons. The number of rotatable bonds is 6. The molecule has 27 heavy (non-hydrogen) atoms. The number of nitrogens with zero attached hydrogens (tertiary/aromatic N) is 3. The number of aromatic nitrogens is 3. The maximum absolute atomic E-state index is 9.60. The molecule has 1 aromatic carbocycles. The second kappa shape index (κ2) is 7.98. The van der Waals surface area contributed by atoms with Crippen LogP contribution in [0.3, 0.4) is 0 Å². The van der Waals surface area contributed by atoms with Gasteiger partial charge in [0.05, 0.1) is 25.7 Å². The molecule has 1 N–H and O–H groups in total. The maximum Gasteiger partial charge on any atom is 0.154 e. The largest absolute Gasteiger partial charge is 0.497 e. The van der Waals surface area contributed by atoms with Gasteiger partial charge in [-0.25, -0.2) is 9.67 Å². The van der Waals surface area contributed by atoms with E-state index in [4.69, 9.17) is 19.6 Å². The van der Waals surface area contributed by atoms with Gasteiger partial charge in [0.15, 0.2) is 5.82 Å². The first kappa shape index (κ1) is 18.4. The molecule has 1 saturated carbocycles. The summed E-state index contributed by atoms with van der Waals surface area (Å²) in [6, 6.07) is 8.38. The number of methoxy groups -OCH3 is 1.